The number of thiophene rings is 1. The molecule has 9 heteroatoms. The van der Waals surface area contributed by atoms with E-state index in [1.807, 2.05) is 6.92 Å². The molecule has 0 unspecified atom stereocenters. The average Bonchev–Trinajstić information content (AvgIpc) is 2.66. The summed E-state index contributed by atoms with van der Waals surface area (Å²) < 4.78 is 62.0. The van der Waals surface area contributed by atoms with Crippen molar-refractivity contribution in [2.75, 3.05) is 20.1 Å². The molecule has 20 heavy (non-hydrogen) atoms. The van der Waals surface area contributed by atoms with E-state index in [1.54, 1.807) is 12.3 Å². The van der Waals surface area contributed by atoms with Crippen molar-refractivity contribution in [2.45, 2.75) is 31.5 Å². The van der Waals surface area contributed by atoms with Gasteiger partial charge in [-0.3, -0.25) is 0 Å². The Labute approximate surface area is 120 Å². The van der Waals surface area contributed by atoms with Crippen molar-refractivity contribution in [3.05, 3.63) is 15.8 Å². The second-order valence-electron chi connectivity index (χ2n) is 4.33. The number of alkyl halides is 3. The maximum atomic E-state index is 12.4. The SMILES string of the molecule is CCNCc1scc(C)c1S(=O)(=O)N(C)CC(F)(F)F. The number of nitrogens with zero attached hydrogens (tertiary/aromatic N) is 1. The van der Waals surface area contributed by atoms with E-state index in [4.69, 9.17) is 0 Å². The molecule has 1 heterocycles. The van der Waals surface area contributed by atoms with Gasteiger partial charge in [-0.15, -0.1) is 11.3 Å². The molecule has 1 rings (SSSR count). The largest absolute Gasteiger partial charge is 0.402 e. The van der Waals surface area contributed by atoms with Crippen molar-refractivity contribution >= 4 is 21.4 Å². The van der Waals surface area contributed by atoms with Crippen LogP contribution in [-0.4, -0.2) is 39.0 Å². The van der Waals surface area contributed by atoms with Crippen molar-refractivity contribution in [2.24, 2.45) is 0 Å². The summed E-state index contributed by atoms with van der Waals surface area (Å²) in [4.78, 5) is 0.508. The molecule has 0 aliphatic heterocycles. The van der Waals surface area contributed by atoms with Crippen molar-refractivity contribution in [1.82, 2.24) is 9.62 Å². The summed E-state index contributed by atoms with van der Waals surface area (Å²) in [5.74, 6) is 0. The topological polar surface area (TPSA) is 49.4 Å². The van der Waals surface area contributed by atoms with E-state index in [0.29, 0.717) is 27.8 Å². The lowest BCUT2D eigenvalue weighted by atomic mass is 10.3. The number of rotatable bonds is 6. The minimum atomic E-state index is -4.56. The van der Waals surface area contributed by atoms with Crippen LogP contribution in [-0.2, 0) is 16.6 Å². The summed E-state index contributed by atoms with van der Waals surface area (Å²) in [5, 5.41) is 4.62. The second kappa shape index (κ2) is 6.42. The number of nitrogens with one attached hydrogen (secondary N) is 1. The molecule has 0 aromatic carbocycles. The Hall–Kier alpha value is -0.640. The predicted molar refractivity (Wildman–Crippen MR) is 72.3 cm³/mol. The first kappa shape index (κ1) is 17.4. The third-order valence-electron chi connectivity index (χ3n) is 2.60. The molecule has 1 aromatic rings. The summed E-state index contributed by atoms with van der Waals surface area (Å²) in [6.07, 6.45) is -4.56. The molecular weight excluding hydrogens is 313 g/mol. The van der Waals surface area contributed by atoms with Crippen molar-refractivity contribution in [3.63, 3.8) is 0 Å². The van der Waals surface area contributed by atoms with E-state index in [9.17, 15) is 21.6 Å². The van der Waals surface area contributed by atoms with Crippen molar-refractivity contribution < 1.29 is 21.6 Å². The zero-order valence-corrected chi connectivity index (χ0v) is 13.0. The quantitative estimate of drug-likeness (QED) is 0.871. The fourth-order valence-corrected chi connectivity index (χ4v) is 4.57. The van der Waals surface area contributed by atoms with Crippen LogP contribution in [0.15, 0.2) is 10.3 Å². The van der Waals surface area contributed by atoms with Gasteiger partial charge in [-0.05, 0) is 24.4 Å². The van der Waals surface area contributed by atoms with Gasteiger partial charge in [0.05, 0.1) is 0 Å². The summed E-state index contributed by atoms with van der Waals surface area (Å²) in [6.45, 7) is 2.92. The molecule has 0 fully saturated rings. The van der Waals surface area contributed by atoms with E-state index < -0.39 is 22.7 Å². The van der Waals surface area contributed by atoms with Gasteiger partial charge in [0, 0.05) is 18.5 Å². The summed E-state index contributed by atoms with van der Waals surface area (Å²) >= 11 is 1.23. The maximum absolute atomic E-state index is 12.4. The zero-order valence-electron chi connectivity index (χ0n) is 11.4. The monoisotopic (exact) mass is 330 g/mol. The predicted octanol–water partition coefficient (Wildman–Crippen LogP) is 2.35. The highest BCUT2D eigenvalue weighted by atomic mass is 32.2. The molecule has 0 spiro atoms. The molecule has 1 N–H and O–H groups in total. The minimum absolute atomic E-state index is 0.0183. The Balaban J connectivity index is 3.12. The first-order valence-electron chi connectivity index (χ1n) is 5.90. The fourth-order valence-electron chi connectivity index (χ4n) is 1.69. The molecule has 0 saturated carbocycles. The van der Waals surface area contributed by atoms with E-state index in [0.717, 1.165) is 7.05 Å². The smallest absolute Gasteiger partial charge is 0.312 e. The second-order valence-corrected chi connectivity index (χ2v) is 7.27. The van der Waals surface area contributed by atoms with Gasteiger partial charge in [-0.25, -0.2) is 8.42 Å². The lowest BCUT2D eigenvalue weighted by Crippen LogP contribution is -2.36. The Kier molecular flexibility index (Phi) is 5.59. The average molecular weight is 330 g/mol. The molecule has 0 aliphatic rings. The van der Waals surface area contributed by atoms with E-state index in [2.05, 4.69) is 5.32 Å². The molecule has 1 aromatic heterocycles. The van der Waals surface area contributed by atoms with E-state index in [-0.39, 0.29) is 4.90 Å². The molecule has 0 atom stereocenters. The van der Waals surface area contributed by atoms with Crippen LogP contribution in [0.2, 0.25) is 0 Å². The number of aryl methyl sites for hydroxylation is 1. The van der Waals surface area contributed by atoms with Crippen LogP contribution in [0.4, 0.5) is 13.2 Å². The van der Waals surface area contributed by atoms with Gasteiger partial charge in [0.25, 0.3) is 0 Å². The summed E-state index contributed by atoms with van der Waals surface area (Å²) in [5.41, 5.74) is 0.469. The lowest BCUT2D eigenvalue weighted by Gasteiger charge is -2.19. The maximum Gasteiger partial charge on any atom is 0.402 e. The number of sulfonamides is 1. The summed E-state index contributed by atoms with van der Waals surface area (Å²) in [6, 6.07) is 0. The molecule has 0 radical (unpaired) electrons. The fraction of sp³-hybridized carbons (Fsp3) is 0.636. The Morgan fingerprint density at radius 1 is 1.40 bits per heavy atom. The van der Waals surface area contributed by atoms with Crippen LogP contribution in [0, 0.1) is 6.92 Å². The highest BCUT2D eigenvalue weighted by molar-refractivity contribution is 7.89. The van der Waals surface area contributed by atoms with Crippen LogP contribution in [0.5, 0.6) is 0 Å². The normalized spacial score (nSPS) is 13.2. The highest BCUT2D eigenvalue weighted by Gasteiger charge is 2.36. The number of hydrogen-bond acceptors (Lipinski definition) is 4. The van der Waals surface area contributed by atoms with Crippen LogP contribution in [0.25, 0.3) is 0 Å². The Morgan fingerprint density at radius 2 is 2.00 bits per heavy atom. The Morgan fingerprint density at radius 3 is 2.50 bits per heavy atom. The molecule has 0 amide bonds. The molecule has 4 nitrogen and oxygen atoms in total. The highest BCUT2D eigenvalue weighted by Crippen LogP contribution is 2.30. The minimum Gasteiger partial charge on any atom is -0.312 e. The van der Waals surface area contributed by atoms with Crippen LogP contribution in [0.1, 0.15) is 17.4 Å². The van der Waals surface area contributed by atoms with Crippen LogP contribution >= 0.6 is 11.3 Å². The summed E-state index contributed by atoms with van der Waals surface area (Å²) in [7, 11) is -3.20. The van der Waals surface area contributed by atoms with Gasteiger partial charge < -0.3 is 5.32 Å². The van der Waals surface area contributed by atoms with Gasteiger partial charge in [0.15, 0.2) is 0 Å². The van der Waals surface area contributed by atoms with Crippen LogP contribution < -0.4 is 5.32 Å². The van der Waals surface area contributed by atoms with Gasteiger partial charge in [0.2, 0.25) is 10.0 Å². The van der Waals surface area contributed by atoms with Crippen molar-refractivity contribution in [3.8, 4) is 0 Å². The zero-order chi connectivity index (χ0) is 15.6. The van der Waals surface area contributed by atoms with Crippen molar-refractivity contribution in [1.29, 1.82) is 0 Å². The molecular formula is C11H17F3N2O2S2. The standard InChI is InChI=1S/C11H17F3N2O2S2/c1-4-15-5-9-10(8(2)6-19-9)20(17,18)16(3)7-11(12,13)14/h6,15H,4-5,7H2,1-3H3. The van der Waals surface area contributed by atoms with E-state index >= 15 is 0 Å². The van der Waals surface area contributed by atoms with E-state index in [1.165, 1.54) is 11.3 Å². The molecule has 0 saturated heterocycles. The first-order valence-corrected chi connectivity index (χ1v) is 8.22. The molecule has 0 aliphatic carbocycles. The lowest BCUT2D eigenvalue weighted by molar-refractivity contribution is -0.134. The number of halogens is 3. The third-order valence-corrected chi connectivity index (χ3v) is 5.86. The Bertz CT molecular complexity index is 553. The first-order chi connectivity index (χ1) is 9.09. The van der Waals surface area contributed by atoms with Gasteiger partial charge >= 0.3 is 6.18 Å². The van der Waals surface area contributed by atoms with Gasteiger partial charge in [-0.1, -0.05) is 6.92 Å². The third kappa shape index (κ3) is 4.18. The van der Waals surface area contributed by atoms with Gasteiger partial charge in [0.1, 0.15) is 11.4 Å². The van der Waals surface area contributed by atoms with Crippen LogP contribution in [0.3, 0.4) is 0 Å². The molecule has 116 valence electrons. The number of hydrogen-bond donors (Lipinski definition) is 1. The van der Waals surface area contributed by atoms with Gasteiger partial charge in [-0.2, -0.15) is 17.5 Å². The molecule has 0 bridgehead atoms.